The number of carbonyl (C=O) groups excluding carboxylic acids is 1. The Kier molecular flexibility index (Phi) is 4.57. The number of aryl methyl sites for hydroxylation is 4. The summed E-state index contributed by atoms with van der Waals surface area (Å²) < 4.78 is 0. The van der Waals surface area contributed by atoms with Gasteiger partial charge in [-0.2, -0.15) is 0 Å². The zero-order chi connectivity index (χ0) is 17.9. The predicted octanol–water partition coefficient (Wildman–Crippen LogP) is 5.20. The van der Waals surface area contributed by atoms with Gasteiger partial charge in [0.25, 0.3) is 0 Å². The molecular weight excluding hydrogens is 318 g/mol. The summed E-state index contributed by atoms with van der Waals surface area (Å²) in [6, 6.07) is 24.2. The van der Waals surface area contributed by atoms with Crippen molar-refractivity contribution < 1.29 is 4.79 Å². The highest BCUT2D eigenvalue weighted by Gasteiger charge is 2.10. The largest absolute Gasteiger partial charge is 0.326 e. The molecule has 3 aromatic carbocycles. The Labute approximate surface area is 154 Å². The second-order valence-electron chi connectivity index (χ2n) is 7.07. The zero-order valence-electron chi connectivity index (χ0n) is 15.1. The molecule has 0 fully saturated rings. The Balaban J connectivity index is 1.69. The Morgan fingerprint density at radius 1 is 0.731 bits per heavy atom. The standard InChI is InChI=1S/C24H23NO/c1-17(26)25-23-14-12-22(13-15-23)24-16-20-7-6-18-2-4-19(5-3-18)8-10-21(24)11-9-20/h2-5,9,11-16H,6-8,10H2,1H3,(H,25,26). The molecule has 0 radical (unpaired) electrons. The molecule has 2 heteroatoms. The molecule has 3 aromatic rings. The van der Waals surface area contributed by atoms with E-state index in [4.69, 9.17) is 0 Å². The van der Waals surface area contributed by atoms with Crippen molar-refractivity contribution in [2.24, 2.45) is 0 Å². The summed E-state index contributed by atoms with van der Waals surface area (Å²) in [5.41, 5.74) is 8.91. The van der Waals surface area contributed by atoms with Crippen LogP contribution >= 0.6 is 0 Å². The third-order valence-electron chi connectivity index (χ3n) is 5.10. The van der Waals surface area contributed by atoms with E-state index in [9.17, 15) is 4.79 Å². The van der Waals surface area contributed by atoms with Crippen LogP contribution in [0.25, 0.3) is 11.1 Å². The van der Waals surface area contributed by atoms with Gasteiger partial charge in [0.05, 0.1) is 0 Å². The van der Waals surface area contributed by atoms with Gasteiger partial charge < -0.3 is 5.32 Å². The molecule has 4 aliphatic rings. The first kappa shape index (κ1) is 16.6. The fourth-order valence-electron chi connectivity index (χ4n) is 3.64. The van der Waals surface area contributed by atoms with E-state index < -0.39 is 0 Å². The van der Waals surface area contributed by atoms with E-state index in [1.807, 2.05) is 12.1 Å². The van der Waals surface area contributed by atoms with Gasteiger partial charge in [0, 0.05) is 12.6 Å². The number of anilines is 1. The van der Waals surface area contributed by atoms with E-state index >= 15 is 0 Å². The minimum Gasteiger partial charge on any atom is -0.326 e. The van der Waals surface area contributed by atoms with E-state index in [0.29, 0.717) is 0 Å². The van der Waals surface area contributed by atoms with Crippen LogP contribution in [0, 0.1) is 0 Å². The summed E-state index contributed by atoms with van der Waals surface area (Å²) in [4.78, 5) is 11.2. The lowest BCUT2D eigenvalue weighted by atomic mass is 9.90. The Morgan fingerprint density at radius 2 is 1.31 bits per heavy atom. The van der Waals surface area contributed by atoms with Crippen molar-refractivity contribution in [3.63, 3.8) is 0 Å². The molecule has 2 nitrogen and oxygen atoms in total. The van der Waals surface area contributed by atoms with Gasteiger partial charge >= 0.3 is 0 Å². The first-order chi connectivity index (χ1) is 12.7. The normalized spacial score (nSPS) is 13.1. The van der Waals surface area contributed by atoms with Crippen molar-refractivity contribution in [1.29, 1.82) is 0 Å². The van der Waals surface area contributed by atoms with Gasteiger partial charge in [0.1, 0.15) is 0 Å². The second-order valence-corrected chi connectivity index (χ2v) is 7.07. The van der Waals surface area contributed by atoms with Crippen molar-refractivity contribution in [3.8, 4) is 11.1 Å². The Bertz CT molecular complexity index is 923. The average molecular weight is 341 g/mol. The molecule has 7 rings (SSSR count). The SMILES string of the molecule is CC(=O)Nc1ccc(-c2cc3ccc2CCc2ccc(cc2)CC3)cc1. The van der Waals surface area contributed by atoms with Crippen LogP contribution in [0.5, 0.6) is 0 Å². The molecule has 0 saturated carbocycles. The van der Waals surface area contributed by atoms with E-state index in [0.717, 1.165) is 31.4 Å². The smallest absolute Gasteiger partial charge is 0.221 e. The quantitative estimate of drug-likeness (QED) is 0.682. The van der Waals surface area contributed by atoms with Crippen LogP contribution in [0.2, 0.25) is 0 Å². The third-order valence-corrected chi connectivity index (χ3v) is 5.10. The first-order valence-electron chi connectivity index (χ1n) is 9.25. The number of nitrogens with one attached hydrogen (secondary N) is 1. The minimum atomic E-state index is -0.0411. The van der Waals surface area contributed by atoms with Crippen LogP contribution in [-0.2, 0) is 30.5 Å². The van der Waals surface area contributed by atoms with Crippen LogP contribution in [0.4, 0.5) is 5.69 Å². The molecular formula is C24H23NO. The van der Waals surface area contributed by atoms with Crippen LogP contribution < -0.4 is 5.32 Å². The van der Waals surface area contributed by atoms with Crippen LogP contribution in [0.3, 0.4) is 0 Å². The zero-order valence-corrected chi connectivity index (χ0v) is 15.1. The van der Waals surface area contributed by atoms with Crippen molar-refractivity contribution >= 4 is 11.6 Å². The van der Waals surface area contributed by atoms with Crippen LogP contribution in [0.15, 0.2) is 66.7 Å². The van der Waals surface area contributed by atoms with Gasteiger partial charge in [-0.15, -0.1) is 0 Å². The Hall–Kier alpha value is -2.87. The van der Waals surface area contributed by atoms with Crippen LogP contribution in [-0.4, -0.2) is 5.91 Å². The van der Waals surface area contributed by atoms with Gasteiger partial charge in [0.15, 0.2) is 0 Å². The second kappa shape index (κ2) is 7.17. The average Bonchev–Trinajstić information content (AvgIpc) is 2.64. The summed E-state index contributed by atoms with van der Waals surface area (Å²) in [6.45, 7) is 1.53. The molecule has 4 aliphatic carbocycles. The fraction of sp³-hybridized carbons (Fsp3) is 0.208. The van der Waals surface area contributed by atoms with Crippen molar-refractivity contribution in [3.05, 3.63) is 89.0 Å². The summed E-state index contributed by atoms with van der Waals surface area (Å²) in [7, 11) is 0. The number of rotatable bonds is 2. The van der Waals surface area contributed by atoms with Crippen molar-refractivity contribution in [1.82, 2.24) is 0 Å². The summed E-state index contributed by atoms with van der Waals surface area (Å²) in [5.74, 6) is -0.0411. The monoisotopic (exact) mass is 341 g/mol. The predicted molar refractivity (Wildman–Crippen MR) is 107 cm³/mol. The van der Waals surface area contributed by atoms with Gasteiger partial charge in [-0.05, 0) is 71.2 Å². The highest BCUT2D eigenvalue weighted by molar-refractivity contribution is 5.89. The van der Waals surface area contributed by atoms with Crippen molar-refractivity contribution in [2.75, 3.05) is 5.32 Å². The molecule has 1 N–H and O–H groups in total. The molecule has 130 valence electrons. The molecule has 0 spiro atoms. The topological polar surface area (TPSA) is 29.1 Å². The molecule has 0 saturated heterocycles. The van der Waals surface area contributed by atoms with E-state index in [-0.39, 0.29) is 5.91 Å². The van der Waals surface area contributed by atoms with E-state index in [2.05, 4.69) is 59.9 Å². The lowest BCUT2D eigenvalue weighted by molar-refractivity contribution is -0.114. The van der Waals surface area contributed by atoms with Gasteiger partial charge in [-0.1, -0.05) is 54.6 Å². The molecule has 26 heavy (non-hydrogen) atoms. The van der Waals surface area contributed by atoms with Crippen LogP contribution in [0.1, 0.15) is 29.2 Å². The first-order valence-corrected chi connectivity index (χ1v) is 9.25. The third kappa shape index (κ3) is 3.70. The Morgan fingerprint density at radius 3 is 1.96 bits per heavy atom. The molecule has 0 aromatic heterocycles. The highest BCUT2D eigenvalue weighted by atomic mass is 16.1. The summed E-state index contributed by atoms with van der Waals surface area (Å²) >= 11 is 0. The lowest BCUT2D eigenvalue weighted by Gasteiger charge is -2.15. The summed E-state index contributed by atoms with van der Waals surface area (Å²) in [5, 5.41) is 2.84. The highest BCUT2D eigenvalue weighted by Crippen LogP contribution is 2.29. The maximum atomic E-state index is 11.2. The molecule has 0 heterocycles. The molecule has 4 bridgehead atoms. The maximum Gasteiger partial charge on any atom is 0.221 e. The van der Waals surface area contributed by atoms with Gasteiger partial charge in [-0.3, -0.25) is 4.79 Å². The van der Waals surface area contributed by atoms with E-state index in [1.54, 1.807) is 0 Å². The molecule has 0 aliphatic heterocycles. The minimum absolute atomic E-state index is 0.0411. The summed E-state index contributed by atoms with van der Waals surface area (Å²) in [6.07, 6.45) is 4.20. The number of benzene rings is 3. The number of hydrogen-bond donors (Lipinski definition) is 1. The van der Waals surface area contributed by atoms with Crippen molar-refractivity contribution in [2.45, 2.75) is 32.6 Å². The number of carbonyl (C=O) groups is 1. The van der Waals surface area contributed by atoms with Gasteiger partial charge in [0.2, 0.25) is 5.91 Å². The van der Waals surface area contributed by atoms with Gasteiger partial charge in [-0.25, -0.2) is 0 Å². The number of amides is 1. The molecule has 1 amide bonds. The fourth-order valence-corrected chi connectivity index (χ4v) is 3.64. The molecule has 0 atom stereocenters. The number of hydrogen-bond acceptors (Lipinski definition) is 1. The molecule has 0 unspecified atom stereocenters. The maximum absolute atomic E-state index is 11.2. The lowest BCUT2D eigenvalue weighted by Crippen LogP contribution is -2.05. The van der Waals surface area contributed by atoms with E-state index in [1.165, 1.54) is 40.3 Å².